The van der Waals surface area contributed by atoms with Crippen molar-refractivity contribution < 1.29 is 0 Å². The van der Waals surface area contributed by atoms with Crippen molar-refractivity contribution in [3.63, 3.8) is 0 Å². The van der Waals surface area contributed by atoms with E-state index in [0.29, 0.717) is 5.56 Å². The predicted octanol–water partition coefficient (Wildman–Crippen LogP) is 2.88. The van der Waals surface area contributed by atoms with Crippen LogP contribution in [0.5, 0.6) is 0 Å². The van der Waals surface area contributed by atoms with Crippen molar-refractivity contribution in [3.8, 4) is 5.69 Å². The van der Waals surface area contributed by atoms with Gasteiger partial charge in [-0.1, -0.05) is 18.2 Å². The van der Waals surface area contributed by atoms with E-state index in [9.17, 15) is 4.79 Å². The van der Waals surface area contributed by atoms with Gasteiger partial charge >= 0.3 is 0 Å². The molecule has 0 N–H and O–H groups in total. The molecule has 82 valence electrons. The number of aryl methyl sites for hydroxylation is 1. The lowest BCUT2D eigenvalue weighted by Gasteiger charge is -2.11. The molecule has 0 aliphatic heterocycles. The number of hydrogen-bond acceptors (Lipinski definition) is 1. The molecule has 0 fully saturated rings. The summed E-state index contributed by atoms with van der Waals surface area (Å²) in [6.45, 7) is 1.91. The van der Waals surface area contributed by atoms with E-state index in [1.54, 1.807) is 12.3 Å². The Morgan fingerprint density at radius 2 is 1.94 bits per heavy atom. The summed E-state index contributed by atoms with van der Waals surface area (Å²) in [5.74, 6) is 0.242. The zero-order chi connectivity index (χ0) is 11.5. The molecule has 3 heteroatoms. The van der Waals surface area contributed by atoms with Crippen molar-refractivity contribution in [2.75, 3.05) is 0 Å². The molecule has 0 bridgehead atoms. The van der Waals surface area contributed by atoms with Crippen molar-refractivity contribution in [1.29, 1.82) is 0 Å². The number of hydrogen-bond donors (Lipinski definition) is 0. The molecule has 1 aromatic heterocycles. The molecule has 2 aromatic rings. The number of alkyl halides is 1. The van der Waals surface area contributed by atoms with Gasteiger partial charge in [-0.3, -0.25) is 4.79 Å². The van der Waals surface area contributed by atoms with Crippen molar-refractivity contribution in [2.45, 2.75) is 12.8 Å². The average molecular weight is 234 g/mol. The molecule has 2 nitrogen and oxygen atoms in total. The molecule has 0 unspecified atom stereocenters. The van der Waals surface area contributed by atoms with Crippen LogP contribution in [0.25, 0.3) is 5.69 Å². The van der Waals surface area contributed by atoms with Gasteiger partial charge in [-0.05, 0) is 19.1 Å². The Hall–Kier alpha value is -1.54. The fourth-order valence-electron chi connectivity index (χ4n) is 1.64. The summed E-state index contributed by atoms with van der Waals surface area (Å²) >= 11 is 5.73. The van der Waals surface area contributed by atoms with E-state index in [4.69, 9.17) is 11.6 Å². The second kappa shape index (κ2) is 4.54. The molecule has 0 spiro atoms. The summed E-state index contributed by atoms with van der Waals surface area (Å²) in [6.07, 6.45) is 1.81. The van der Waals surface area contributed by atoms with Crippen molar-refractivity contribution in [2.24, 2.45) is 0 Å². The molecular weight excluding hydrogens is 222 g/mol. The quantitative estimate of drug-likeness (QED) is 0.731. The van der Waals surface area contributed by atoms with E-state index in [1.807, 2.05) is 41.8 Å². The monoisotopic (exact) mass is 233 g/mol. The minimum Gasteiger partial charge on any atom is -0.321 e. The molecule has 0 atom stereocenters. The summed E-state index contributed by atoms with van der Waals surface area (Å²) in [4.78, 5) is 11.6. The smallest absolute Gasteiger partial charge is 0.186 e. The number of para-hydroxylation sites is 1. The number of halogens is 1. The lowest BCUT2D eigenvalue weighted by atomic mass is 10.2. The van der Waals surface area contributed by atoms with Crippen LogP contribution in [-0.2, 0) is 5.88 Å². The van der Waals surface area contributed by atoms with Gasteiger partial charge in [0, 0.05) is 29.2 Å². The fourth-order valence-corrected chi connectivity index (χ4v) is 1.84. The Morgan fingerprint density at radius 3 is 2.56 bits per heavy atom. The number of rotatable bonds is 2. The molecule has 2 rings (SSSR count). The van der Waals surface area contributed by atoms with Crippen LogP contribution in [0.15, 0.2) is 47.4 Å². The third-order valence-electron chi connectivity index (χ3n) is 2.50. The normalized spacial score (nSPS) is 10.4. The van der Waals surface area contributed by atoms with Crippen molar-refractivity contribution >= 4 is 11.6 Å². The molecule has 16 heavy (non-hydrogen) atoms. The molecule has 0 saturated heterocycles. The van der Waals surface area contributed by atoms with Crippen LogP contribution in [0.3, 0.4) is 0 Å². The Morgan fingerprint density at radius 1 is 1.25 bits per heavy atom. The maximum Gasteiger partial charge on any atom is 0.186 e. The maximum atomic E-state index is 11.6. The second-order valence-corrected chi connectivity index (χ2v) is 3.91. The Bertz CT molecular complexity index is 546. The second-order valence-electron chi connectivity index (χ2n) is 3.64. The lowest BCUT2D eigenvalue weighted by Crippen LogP contribution is -2.12. The van der Waals surface area contributed by atoms with Gasteiger partial charge in [0.2, 0.25) is 0 Å². The highest BCUT2D eigenvalue weighted by molar-refractivity contribution is 6.17. The summed E-state index contributed by atoms with van der Waals surface area (Å²) in [7, 11) is 0. The van der Waals surface area contributed by atoms with E-state index in [0.717, 1.165) is 11.4 Å². The first-order valence-electron chi connectivity index (χ1n) is 5.06. The van der Waals surface area contributed by atoms with E-state index in [-0.39, 0.29) is 11.3 Å². The van der Waals surface area contributed by atoms with Gasteiger partial charge in [-0.2, -0.15) is 0 Å². The summed E-state index contributed by atoms with van der Waals surface area (Å²) in [6, 6.07) is 11.5. The van der Waals surface area contributed by atoms with Crippen LogP contribution in [0.2, 0.25) is 0 Å². The third-order valence-corrected chi connectivity index (χ3v) is 2.79. The van der Waals surface area contributed by atoms with Crippen LogP contribution in [0, 0.1) is 6.92 Å². The zero-order valence-electron chi connectivity index (χ0n) is 8.98. The SMILES string of the molecule is Cc1cc(=O)c(CCl)cn1-c1ccccc1. The molecule has 1 heterocycles. The Labute approximate surface area is 99.1 Å². The van der Waals surface area contributed by atoms with Gasteiger partial charge in [-0.15, -0.1) is 11.6 Å². The fraction of sp³-hybridized carbons (Fsp3) is 0.154. The number of pyridine rings is 1. The topological polar surface area (TPSA) is 22.0 Å². The minimum absolute atomic E-state index is 0.000295. The largest absolute Gasteiger partial charge is 0.321 e. The number of aromatic nitrogens is 1. The number of nitrogens with zero attached hydrogens (tertiary/aromatic N) is 1. The molecule has 0 amide bonds. The molecule has 0 radical (unpaired) electrons. The van der Waals surface area contributed by atoms with Gasteiger partial charge in [0.1, 0.15) is 0 Å². The Balaban J connectivity index is 2.62. The zero-order valence-corrected chi connectivity index (χ0v) is 9.74. The summed E-state index contributed by atoms with van der Waals surface area (Å²) < 4.78 is 1.97. The van der Waals surface area contributed by atoms with Crippen molar-refractivity contribution in [3.05, 3.63) is 64.1 Å². The van der Waals surface area contributed by atoms with Crippen LogP contribution in [0.1, 0.15) is 11.3 Å². The predicted molar refractivity (Wildman–Crippen MR) is 66.3 cm³/mol. The van der Waals surface area contributed by atoms with Gasteiger partial charge < -0.3 is 4.57 Å². The van der Waals surface area contributed by atoms with E-state index >= 15 is 0 Å². The molecule has 0 aliphatic rings. The van der Waals surface area contributed by atoms with E-state index in [1.165, 1.54) is 0 Å². The third kappa shape index (κ3) is 2.02. The lowest BCUT2D eigenvalue weighted by molar-refractivity contribution is 0.955. The van der Waals surface area contributed by atoms with Crippen LogP contribution >= 0.6 is 11.6 Å². The van der Waals surface area contributed by atoms with E-state index < -0.39 is 0 Å². The molecule has 1 aromatic carbocycles. The highest BCUT2D eigenvalue weighted by Gasteiger charge is 2.03. The van der Waals surface area contributed by atoms with E-state index in [2.05, 4.69) is 0 Å². The van der Waals surface area contributed by atoms with Crippen LogP contribution in [-0.4, -0.2) is 4.57 Å². The molecule has 0 saturated carbocycles. The molecule has 0 aliphatic carbocycles. The maximum absolute atomic E-state index is 11.6. The van der Waals surface area contributed by atoms with Crippen molar-refractivity contribution in [1.82, 2.24) is 4.57 Å². The first-order valence-corrected chi connectivity index (χ1v) is 5.59. The first kappa shape index (κ1) is 11.0. The van der Waals surface area contributed by atoms with Crippen LogP contribution < -0.4 is 5.43 Å². The highest BCUT2D eigenvalue weighted by Crippen LogP contribution is 2.11. The summed E-state index contributed by atoms with van der Waals surface area (Å²) in [5, 5.41) is 0. The standard InChI is InChI=1S/C13H12ClNO/c1-10-7-13(16)11(8-14)9-15(10)12-5-3-2-4-6-12/h2-7,9H,8H2,1H3. The highest BCUT2D eigenvalue weighted by atomic mass is 35.5. The summed E-state index contributed by atoms with van der Waals surface area (Å²) in [5.41, 5.74) is 2.56. The van der Waals surface area contributed by atoms with Gasteiger partial charge in [0.05, 0.1) is 5.88 Å². The first-order chi connectivity index (χ1) is 7.72. The Kier molecular flexibility index (Phi) is 3.11. The molecular formula is C13H12ClNO. The van der Waals surface area contributed by atoms with Gasteiger partial charge in [0.15, 0.2) is 5.43 Å². The van der Waals surface area contributed by atoms with Crippen LogP contribution in [0.4, 0.5) is 0 Å². The number of benzene rings is 1. The van der Waals surface area contributed by atoms with Gasteiger partial charge in [-0.25, -0.2) is 0 Å². The van der Waals surface area contributed by atoms with Gasteiger partial charge in [0.25, 0.3) is 0 Å². The minimum atomic E-state index is -0.000295. The average Bonchev–Trinajstić information content (AvgIpc) is 2.30.